The van der Waals surface area contributed by atoms with E-state index in [0.717, 1.165) is 18.9 Å². The number of nitrogens with zero attached hydrogens (tertiary/aromatic N) is 2. The topological polar surface area (TPSA) is 49.8 Å². The van der Waals surface area contributed by atoms with Crippen LogP contribution < -0.4 is 10.6 Å². The van der Waals surface area contributed by atoms with Crippen LogP contribution in [0.4, 0.5) is 5.82 Å². The van der Waals surface area contributed by atoms with Gasteiger partial charge in [-0.2, -0.15) is 8.75 Å². The van der Waals surface area contributed by atoms with Crippen molar-refractivity contribution >= 4 is 42.4 Å². The van der Waals surface area contributed by atoms with Crippen molar-refractivity contribution in [1.82, 2.24) is 14.1 Å². The number of rotatable bonds is 2. The Bertz CT molecular complexity index is 201. The Balaban J connectivity index is 0.000000605. The minimum atomic E-state index is 0. The molecule has 1 saturated heterocycles. The summed E-state index contributed by atoms with van der Waals surface area (Å²) >= 11 is 1.23. The molecule has 70 valence electrons. The number of aromatic nitrogens is 2. The summed E-state index contributed by atoms with van der Waals surface area (Å²) in [5, 5.41) is 6.40. The van der Waals surface area contributed by atoms with Crippen LogP contribution in [0, 0.1) is 0 Å². The molecule has 2 rings (SSSR count). The number of halogens is 2. The molecule has 0 radical (unpaired) electrons. The molecule has 1 aliphatic heterocycles. The zero-order chi connectivity index (χ0) is 6.81. The van der Waals surface area contributed by atoms with Crippen LogP contribution >= 0.6 is 36.5 Å². The molecule has 0 amide bonds. The van der Waals surface area contributed by atoms with Crippen molar-refractivity contribution < 1.29 is 0 Å². The summed E-state index contributed by atoms with van der Waals surface area (Å²) in [5.41, 5.74) is 0. The molecule has 2 N–H and O–H groups in total. The van der Waals surface area contributed by atoms with E-state index in [1.807, 2.05) is 0 Å². The average Bonchev–Trinajstić information content (AvgIpc) is 2.29. The van der Waals surface area contributed by atoms with Gasteiger partial charge in [-0.3, -0.25) is 0 Å². The predicted molar refractivity (Wildman–Crippen MR) is 54.7 cm³/mol. The predicted octanol–water partition coefficient (Wildman–Crippen LogP) is 0.765. The van der Waals surface area contributed by atoms with Gasteiger partial charge in [-0.1, -0.05) is 0 Å². The van der Waals surface area contributed by atoms with Crippen molar-refractivity contribution in [2.75, 3.05) is 18.4 Å². The fourth-order valence-electron chi connectivity index (χ4n) is 0.828. The largest absolute Gasteiger partial charge is 0.363 e. The molecule has 0 unspecified atom stereocenters. The lowest BCUT2D eigenvalue weighted by Crippen LogP contribution is -2.51. The molecule has 2 heterocycles. The molecular formula is C5H10Cl2N4S. The zero-order valence-electron chi connectivity index (χ0n) is 6.19. The van der Waals surface area contributed by atoms with Gasteiger partial charge >= 0.3 is 0 Å². The van der Waals surface area contributed by atoms with Crippen molar-refractivity contribution in [3.63, 3.8) is 0 Å². The Morgan fingerprint density at radius 2 is 2.25 bits per heavy atom. The molecule has 1 fully saturated rings. The Kier molecular flexibility index (Phi) is 5.48. The Morgan fingerprint density at radius 1 is 1.50 bits per heavy atom. The molecule has 12 heavy (non-hydrogen) atoms. The minimum Gasteiger partial charge on any atom is -0.363 e. The average molecular weight is 229 g/mol. The highest BCUT2D eigenvalue weighted by atomic mass is 35.5. The summed E-state index contributed by atoms with van der Waals surface area (Å²) in [6.45, 7) is 2.08. The summed E-state index contributed by atoms with van der Waals surface area (Å²) in [4.78, 5) is 0. The quantitative estimate of drug-likeness (QED) is 0.786. The minimum absolute atomic E-state index is 0. The third-order valence-corrected chi connectivity index (χ3v) is 1.97. The smallest absolute Gasteiger partial charge is 0.160 e. The summed E-state index contributed by atoms with van der Waals surface area (Å²) < 4.78 is 7.91. The van der Waals surface area contributed by atoms with Crippen molar-refractivity contribution in [2.45, 2.75) is 6.04 Å². The molecule has 1 aromatic rings. The first kappa shape index (κ1) is 11.9. The molecule has 0 aromatic carbocycles. The summed E-state index contributed by atoms with van der Waals surface area (Å²) in [6, 6.07) is 0.559. The first-order valence-corrected chi connectivity index (χ1v) is 3.93. The van der Waals surface area contributed by atoms with Crippen LogP contribution in [0.15, 0.2) is 6.20 Å². The summed E-state index contributed by atoms with van der Waals surface area (Å²) in [7, 11) is 0. The Morgan fingerprint density at radius 3 is 2.67 bits per heavy atom. The lowest BCUT2D eigenvalue weighted by atomic mass is 10.2. The third-order valence-electron chi connectivity index (χ3n) is 1.49. The molecule has 0 bridgehead atoms. The monoisotopic (exact) mass is 228 g/mol. The van der Waals surface area contributed by atoms with Gasteiger partial charge in [-0.25, -0.2) is 0 Å². The van der Waals surface area contributed by atoms with E-state index in [-0.39, 0.29) is 24.8 Å². The van der Waals surface area contributed by atoms with E-state index in [9.17, 15) is 0 Å². The fourth-order valence-corrected chi connectivity index (χ4v) is 1.21. The van der Waals surface area contributed by atoms with Gasteiger partial charge in [-0.15, -0.1) is 24.8 Å². The van der Waals surface area contributed by atoms with Gasteiger partial charge in [0, 0.05) is 13.1 Å². The Hall–Kier alpha value is -0.100. The molecule has 1 aromatic heterocycles. The van der Waals surface area contributed by atoms with Crippen LogP contribution in [-0.4, -0.2) is 27.9 Å². The third kappa shape index (κ3) is 2.75. The number of nitrogens with one attached hydrogen (secondary N) is 2. The summed E-state index contributed by atoms with van der Waals surface area (Å²) in [5.74, 6) is 0.900. The van der Waals surface area contributed by atoms with Crippen molar-refractivity contribution in [1.29, 1.82) is 0 Å². The van der Waals surface area contributed by atoms with Gasteiger partial charge < -0.3 is 10.6 Å². The van der Waals surface area contributed by atoms with E-state index in [0.29, 0.717) is 6.04 Å². The lowest BCUT2D eigenvalue weighted by Gasteiger charge is -2.27. The molecular weight excluding hydrogens is 219 g/mol. The van der Waals surface area contributed by atoms with Gasteiger partial charge in [0.25, 0.3) is 0 Å². The van der Waals surface area contributed by atoms with Crippen LogP contribution in [0.2, 0.25) is 0 Å². The number of anilines is 1. The molecule has 0 spiro atoms. The van der Waals surface area contributed by atoms with Gasteiger partial charge in [-0.05, 0) is 0 Å². The highest BCUT2D eigenvalue weighted by molar-refractivity contribution is 6.99. The van der Waals surface area contributed by atoms with E-state index in [4.69, 9.17) is 0 Å². The van der Waals surface area contributed by atoms with Gasteiger partial charge in [0.2, 0.25) is 0 Å². The maximum absolute atomic E-state index is 4.03. The van der Waals surface area contributed by atoms with E-state index in [1.165, 1.54) is 11.7 Å². The van der Waals surface area contributed by atoms with E-state index in [1.54, 1.807) is 6.20 Å². The second-order valence-electron chi connectivity index (χ2n) is 2.29. The zero-order valence-corrected chi connectivity index (χ0v) is 8.64. The van der Waals surface area contributed by atoms with Crippen LogP contribution in [0.5, 0.6) is 0 Å². The lowest BCUT2D eigenvalue weighted by molar-refractivity contribution is 0.471. The second-order valence-corrected chi connectivity index (χ2v) is 2.85. The normalized spacial score (nSPS) is 15.3. The maximum atomic E-state index is 4.03. The SMILES string of the molecule is Cl.Cl.c1nsnc1NC1CNC1. The molecule has 0 aliphatic carbocycles. The van der Waals surface area contributed by atoms with Gasteiger partial charge in [0.1, 0.15) is 0 Å². The van der Waals surface area contributed by atoms with Crippen molar-refractivity contribution in [3.05, 3.63) is 6.20 Å². The van der Waals surface area contributed by atoms with Crippen molar-refractivity contribution in [2.24, 2.45) is 0 Å². The Labute approximate surface area is 87.3 Å². The van der Waals surface area contributed by atoms with Gasteiger partial charge in [0.15, 0.2) is 5.82 Å². The van der Waals surface area contributed by atoms with E-state index in [2.05, 4.69) is 19.4 Å². The molecule has 1 aliphatic rings. The highest BCUT2D eigenvalue weighted by Gasteiger charge is 2.16. The van der Waals surface area contributed by atoms with Crippen LogP contribution in [0.25, 0.3) is 0 Å². The highest BCUT2D eigenvalue weighted by Crippen LogP contribution is 2.05. The second kappa shape index (κ2) is 5.53. The standard InChI is InChI=1S/C5H8N4S.2ClH/c1-4(2-6-1)8-5-3-7-10-9-5;;/h3-4,6H,1-2H2,(H,8,9);2*1H. The molecule has 0 saturated carbocycles. The number of hydrogen-bond donors (Lipinski definition) is 2. The molecule has 7 heteroatoms. The first-order valence-electron chi connectivity index (χ1n) is 3.20. The van der Waals surface area contributed by atoms with Gasteiger partial charge in [0.05, 0.1) is 24.0 Å². The van der Waals surface area contributed by atoms with Crippen molar-refractivity contribution in [3.8, 4) is 0 Å². The fraction of sp³-hybridized carbons (Fsp3) is 0.600. The molecule has 0 atom stereocenters. The first-order chi connectivity index (χ1) is 4.95. The van der Waals surface area contributed by atoms with Crippen LogP contribution in [-0.2, 0) is 0 Å². The summed E-state index contributed by atoms with van der Waals surface area (Å²) in [6.07, 6.45) is 1.75. The maximum Gasteiger partial charge on any atom is 0.160 e. The van der Waals surface area contributed by atoms with Crippen LogP contribution in [0.1, 0.15) is 0 Å². The van der Waals surface area contributed by atoms with Crippen LogP contribution in [0.3, 0.4) is 0 Å². The van der Waals surface area contributed by atoms with E-state index >= 15 is 0 Å². The molecule has 4 nitrogen and oxygen atoms in total. The van der Waals surface area contributed by atoms with E-state index < -0.39 is 0 Å². The number of hydrogen-bond acceptors (Lipinski definition) is 5.